The molecule has 0 radical (unpaired) electrons. The Labute approximate surface area is 172 Å². The van der Waals surface area contributed by atoms with Crippen molar-refractivity contribution in [3.05, 3.63) is 30.5 Å². The molecular weight excluding hydrogens is 364 g/mol. The Hall–Kier alpha value is -2.60. The van der Waals surface area contributed by atoms with E-state index < -0.39 is 0 Å². The number of benzene rings is 1. The fourth-order valence-corrected chi connectivity index (χ4v) is 3.96. The molecule has 4 rings (SSSR count). The third kappa shape index (κ3) is 4.37. The molecule has 6 nitrogen and oxygen atoms in total. The zero-order chi connectivity index (χ0) is 20.2. The van der Waals surface area contributed by atoms with E-state index in [1.54, 1.807) is 13.3 Å². The van der Waals surface area contributed by atoms with Crippen molar-refractivity contribution in [2.24, 2.45) is 0 Å². The second-order valence-corrected chi connectivity index (χ2v) is 7.93. The average Bonchev–Trinajstić information content (AvgIpc) is 3.24. The fourth-order valence-electron chi connectivity index (χ4n) is 3.96. The molecule has 1 fully saturated rings. The third-order valence-corrected chi connectivity index (χ3v) is 5.32. The van der Waals surface area contributed by atoms with Gasteiger partial charge in [0.15, 0.2) is 11.5 Å². The average molecular weight is 395 g/mol. The normalized spacial score (nSPS) is 14.8. The lowest BCUT2D eigenvalue weighted by Gasteiger charge is -2.18. The van der Waals surface area contributed by atoms with Gasteiger partial charge in [0, 0.05) is 30.2 Å². The first-order valence-corrected chi connectivity index (χ1v) is 10.5. The van der Waals surface area contributed by atoms with Crippen molar-refractivity contribution in [2.75, 3.05) is 38.7 Å². The van der Waals surface area contributed by atoms with E-state index in [9.17, 15) is 0 Å². The molecule has 0 spiro atoms. The minimum absolute atomic E-state index is 0.276. The van der Waals surface area contributed by atoms with Crippen molar-refractivity contribution in [2.45, 2.75) is 39.2 Å². The van der Waals surface area contributed by atoms with Gasteiger partial charge >= 0.3 is 0 Å². The molecule has 0 bridgehead atoms. The summed E-state index contributed by atoms with van der Waals surface area (Å²) in [7, 11) is 1.68. The molecule has 1 N–H and O–H groups in total. The van der Waals surface area contributed by atoms with Crippen LogP contribution in [0.25, 0.3) is 21.9 Å². The lowest BCUT2D eigenvalue weighted by atomic mass is 10.1. The summed E-state index contributed by atoms with van der Waals surface area (Å²) in [5, 5.41) is 4.53. The monoisotopic (exact) mass is 394 g/mol. The number of fused-ring (bicyclic) bond motifs is 2. The minimum atomic E-state index is 0.276. The first-order valence-electron chi connectivity index (χ1n) is 10.5. The maximum atomic E-state index is 6.10. The van der Waals surface area contributed by atoms with Gasteiger partial charge in [-0.2, -0.15) is 0 Å². The number of hydrogen-bond acceptors (Lipinski definition) is 6. The summed E-state index contributed by atoms with van der Waals surface area (Å²) in [6.45, 7) is 8.44. The maximum absolute atomic E-state index is 6.10. The van der Waals surface area contributed by atoms with Gasteiger partial charge in [0.2, 0.25) is 0 Å². The van der Waals surface area contributed by atoms with E-state index in [0.29, 0.717) is 6.61 Å². The van der Waals surface area contributed by atoms with Crippen LogP contribution in [-0.4, -0.2) is 54.3 Å². The minimum Gasteiger partial charge on any atom is -0.493 e. The molecule has 1 saturated heterocycles. The number of nitrogens with one attached hydrogen (secondary N) is 1. The molecule has 154 valence electrons. The number of likely N-dealkylation sites (tertiary alicyclic amines) is 1. The number of pyridine rings is 2. The summed E-state index contributed by atoms with van der Waals surface area (Å²) < 4.78 is 11.7. The summed E-state index contributed by atoms with van der Waals surface area (Å²) in [6, 6.07) is 8.19. The van der Waals surface area contributed by atoms with Crippen LogP contribution >= 0.6 is 0 Å². The fraction of sp³-hybridized carbons (Fsp3) is 0.478. The van der Waals surface area contributed by atoms with Gasteiger partial charge in [0.25, 0.3) is 0 Å². The van der Waals surface area contributed by atoms with Crippen LogP contribution in [-0.2, 0) is 0 Å². The quantitative estimate of drug-likeness (QED) is 0.449. The molecule has 3 heterocycles. The Morgan fingerprint density at radius 3 is 2.72 bits per heavy atom. The van der Waals surface area contributed by atoms with Crippen LogP contribution in [0.1, 0.15) is 33.1 Å². The van der Waals surface area contributed by atoms with Crippen molar-refractivity contribution in [1.82, 2.24) is 14.9 Å². The zero-order valence-electron chi connectivity index (χ0n) is 17.6. The molecule has 1 aliphatic rings. The zero-order valence-corrected chi connectivity index (χ0v) is 17.6. The van der Waals surface area contributed by atoms with Crippen molar-refractivity contribution in [3.8, 4) is 11.5 Å². The molecule has 1 aliphatic heterocycles. The molecule has 0 saturated carbocycles. The lowest BCUT2D eigenvalue weighted by Crippen LogP contribution is -2.21. The Bertz CT molecular complexity index is 983. The van der Waals surface area contributed by atoms with E-state index in [-0.39, 0.29) is 6.04 Å². The highest BCUT2D eigenvalue weighted by Crippen LogP contribution is 2.37. The van der Waals surface area contributed by atoms with E-state index >= 15 is 0 Å². The first-order chi connectivity index (χ1) is 14.2. The molecule has 3 aromatic rings. The standard InChI is InChI=1S/C23H30N4O2/c1-16(2)25-22-17-14-20(28-3)21(29-13-7-12-27-10-4-5-11-27)15-19(17)26-18-8-6-9-24-23(18)22/h6,8-9,14-16H,4-5,7,10-13H2,1-3H3,(H,25,26). The number of nitrogens with zero attached hydrogens (tertiary/aromatic N) is 3. The molecule has 0 aliphatic carbocycles. The second kappa shape index (κ2) is 8.82. The summed E-state index contributed by atoms with van der Waals surface area (Å²) >= 11 is 0. The van der Waals surface area contributed by atoms with Crippen molar-refractivity contribution in [3.63, 3.8) is 0 Å². The van der Waals surface area contributed by atoms with Gasteiger partial charge in [0.05, 0.1) is 30.4 Å². The summed E-state index contributed by atoms with van der Waals surface area (Å²) in [5.41, 5.74) is 3.60. The van der Waals surface area contributed by atoms with Crippen molar-refractivity contribution < 1.29 is 9.47 Å². The van der Waals surface area contributed by atoms with E-state index in [2.05, 4.69) is 29.0 Å². The highest BCUT2D eigenvalue weighted by Gasteiger charge is 2.16. The number of hydrogen-bond donors (Lipinski definition) is 1. The van der Waals surface area contributed by atoms with Gasteiger partial charge in [-0.25, -0.2) is 4.98 Å². The van der Waals surface area contributed by atoms with Crippen LogP contribution in [0, 0.1) is 0 Å². The molecule has 29 heavy (non-hydrogen) atoms. The van der Waals surface area contributed by atoms with Crippen LogP contribution in [0.15, 0.2) is 30.5 Å². The smallest absolute Gasteiger partial charge is 0.163 e. The predicted molar refractivity (Wildman–Crippen MR) is 118 cm³/mol. The number of rotatable bonds is 8. The maximum Gasteiger partial charge on any atom is 0.163 e. The van der Waals surface area contributed by atoms with Gasteiger partial charge in [-0.05, 0) is 64.4 Å². The molecule has 0 atom stereocenters. The Morgan fingerprint density at radius 1 is 1.14 bits per heavy atom. The summed E-state index contributed by atoms with van der Waals surface area (Å²) in [5.74, 6) is 1.47. The highest BCUT2D eigenvalue weighted by atomic mass is 16.5. The molecular formula is C23H30N4O2. The van der Waals surface area contributed by atoms with E-state index in [1.807, 2.05) is 24.3 Å². The Morgan fingerprint density at radius 2 is 1.97 bits per heavy atom. The van der Waals surface area contributed by atoms with Gasteiger partial charge in [-0.1, -0.05) is 0 Å². The van der Waals surface area contributed by atoms with Gasteiger partial charge < -0.3 is 19.7 Å². The molecule has 6 heteroatoms. The largest absolute Gasteiger partial charge is 0.493 e. The van der Waals surface area contributed by atoms with Crippen LogP contribution in [0.2, 0.25) is 0 Å². The first kappa shape index (κ1) is 19.7. The Kier molecular flexibility index (Phi) is 6.00. The summed E-state index contributed by atoms with van der Waals surface area (Å²) in [4.78, 5) is 11.9. The van der Waals surface area contributed by atoms with Crippen molar-refractivity contribution in [1.29, 1.82) is 0 Å². The van der Waals surface area contributed by atoms with Crippen LogP contribution in [0.4, 0.5) is 5.69 Å². The molecule has 0 amide bonds. The van der Waals surface area contributed by atoms with Crippen LogP contribution < -0.4 is 14.8 Å². The Balaban J connectivity index is 1.64. The second-order valence-electron chi connectivity index (χ2n) is 7.93. The van der Waals surface area contributed by atoms with Crippen LogP contribution in [0.3, 0.4) is 0 Å². The molecule has 2 aromatic heterocycles. The van der Waals surface area contributed by atoms with Crippen molar-refractivity contribution >= 4 is 27.6 Å². The van der Waals surface area contributed by atoms with E-state index in [4.69, 9.17) is 14.5 Å². The number of methoxy groups -OCH3 is 1. The number of ether oxygens (including phenoxy) is 2. The van der Waals surface area contributed by atoms with E-state index in [0.717, 1.165) is 52.1 Å². The lowest BCUT2D eigenvalue weighted by molar-refractivity contribution is 0.254. The molecule has 0 unspecified atom stereocenters. The predicted octanol–water partition coefficient (Wildman–Crippen LogP) is 4.48. The van der Waals surface area contributed by atoms with Gasteiger partial charge in [-0.15, -0.1) is 0 Å². The van der Waals surface area contributed by atoms with Gasteiger partial charge in [-0.3, -0.25) is 4.98 Å². The highest BCUT2D eigenvalue weighted by molar-refractivity contribution is 6.06. The van der Waals surface area contributed by atoms with E-state index in [1.165, 1.54) is 25.9 Å². The topological polar surface area (TPSA) is 59.5 Å². The number of anilines is 1. The number of aromatic nitrogens is 2. The van der Waals surface area contributed by atoms with Gasteiger partial charge in [0.1, 0.15) is 5.52 Å². The third-order valence-electron chi connectivity index (χ3n) is 5.32. The van der Waals surface area contributed by atoms with Crippen LogP contribution in [0.5, 0.6) is 11.5 Å². The summed E-state index contributed by atoms with van der Waals surface area (Å²) in [6.07, 6.45) is 5.45. The molecule has 1 aromatic carbocycles. The SMILES string of the molecule is COc1cc2c(NC(C)C)c3ncccc3nc2cc1OCCCN1CCCC1.